The summed E-state index contributed by atoms with van der Waals surface area (Å²) >= 11 is 0. The van der Waals surface area contributed by atoms with E-state index in [9.17, 15) is 4.79 Å². The highest BCUT2D eigenvalue weighted by Gasteiger charge is 2.32. The minimum Gasteiger partial charge on any atom is -0.497 e. The summed E-state index contributed by atoms with van der Waals surface area (Å²) in [7, 11) is 1.61. The fraction of sp³-hybridized carbons (Fsp3) is 0.250. The van der Waals surface area contributed by atoms with Crippen molar-refractivity contribution in [1.82, 2.24) is 20.1 Å². The number of hydrogen-bond acceptors (Lipinski definition) is 4. The number of nitrogens with one attached hydrogen (secondary N) is 2. The lowest BCUT2D eigenvalue weighted by Gasteiger charge is -2.23. The summed E-state index contributed by atoms with van der Waals surface area (Å²) in [4.78, 5) is 19.2. The molecule has 2 N–H and O–H groups in total. The maximum absolute atomic E-state index is 12.8. The monoisotopic (exact) mass is 363 g/mol. The summed E-state index contributed by atoms with van der Waals surface area (Å²) in [5.41, 5.74) is 1.68. The number of urea groups is 1. The van der Waals surface area contributed by atoms with E-state index >= 15 is 0 Å². The lowest BCUT2D eigenvalue weighted by Crippen LogP contribution is -2.34. The topological polar surface area (TPSA) is 83.1 Å². The second kappa shape index (κ2) is 7.49. The van der Waals surface area contributed by atoms with Crippen LogP contribution in [0.4, 0.5) is 10.5 Å². The van der Waals surface area contributed by atoms with Crippen molar-refractivity contribution in [3.05, 3.63) is 60.4 Å². The molecule has 0 radical (unpaired) electrons. The van der Waals surface area contributed by atoms with Crippen LogP contribution in [-0.2, 0) is 0 Å². The van der Waals surface area contributed by atoms with Crippen molar-refractivity contribution in [3.63, 3.8) is 0 Å². The summed E-state index contributed by atoms with van der Waals surface area (Å²) in [6, 6.07) is 16.8. The van der Waals surface area contributed by atoms with Crippen molar-refractivity contribution in [2.24, 2.45) is 0 Å². The van der Waals surface area contributed by atoms with E-state index in [1.807, 2.05) is 54.6 Å². The molecule has 2 aromatic carbocycles. The Bertz CT molecular complexity index is 908. The highest BCUT2D eigenvalue weighted by atomic mass is 16.5. The van der Waals surface area contributed by atoms with E-state index < -0.39 is 0 Å². The summed E-state index contributed by atoms with van der Waals surface area (Å²) in [5.74, 6) is 2.12. The Kier molecular flexibility index (Phi) is 4.74. The van der Waals surface area contributed by atoms with Gasteiger partial charge in [0.1, 0.15) is 11.6 Å². The molecule has 0 bridgehead atoms. The van der Waals surface area contributed by atoms with Crippen LogP contribution in [0.1, 0.15) is 24.7 Å². The minimum atomic E-state index is -0.139. The first kappa shape index (κ1) is 17.1. The lowest BCUT2D eigenvalue weighted by molar-refractivity contribution is 0.205. The molecule has 138 valence electrons. The number of H-pyrrole nitrogens is 1. The van der Waals surface area contributed by atoms with Crippen LogP contribution in [0, 0.1) is 0 Å². The molecule has 0 saturated carbocycles. The summed E-state index contributed by atoms with van der Waals surface area (Å²) in [5, 5.41) is 10.3. The van der Waals surface area contributed by atoms with Crippen molar-refractivity contribution in [3.8, 4) is 17.1 Å². The van der Waals surface area contributed by atoms with Crippen molar-refractivity contribution < 1.29 is 9.53 Å². The van der Waals surface area contributed by atoms with Gasteiger partial charge in [0.15, 0.2) is 5.82 Å². The normalized spacial score (nSPS) is 16.3. The first-order chi connectivity index (χ1) is 13.2. The molecule has 7 nitrogen and oxygen atoms in total. The summed E-state index contributed by atoms with van der Waals surface area (Å²) in [6.07, 6.45) is 1.79. The van der Waals surface area contributed by atoms with Gasteiger partial charge in [-0.2, -0.15) is 5.10 Å². The van der Waals surface area contributed by atoms with Crippen molar-refractivity contribution in [2.45, 2.75) is 18.9 Å². The lowest BCUT2D eigenvalue weighted by atomic mass is 10.2. The smallest absolute Gasteiger partial charge is 0.322 e. The van der Waals surface area contributed by atoms with Gasteiger partial charge >= 0.3 is 6.03 Å². The highest BCUT2D eigenvalue weighted by molar-refractivity contribution is 5.89. The third-order valence-electron chi connectivity index (χ3n) is 4.71. The minimum absolute atomic E-state index is 0.104. The number of aromatic amines is 1. The van der Waals surface area contributed by atoms with E-state index in [1.165, 1.54) is 0 Å². The molecule has 1 atom stereocenters. The Balaban J connectivity index is 1.48. The Morgan fingerprint density at radius 3 is 2.70 bits per heavy atom. The third kappa shape index (κ3) is 3.62. The van der Waals surface area contributed by atoms with Gasteiger partial charge in [-0.25, -0.2) is 9.78 Å². The zero-order valence-corrected chi connectivity index (χ0v) is 15.1. The maximum Gasteiger partial charge on any atom is 0.322 e. The molecule has 1 aromatic heterocycles. The summed E-state index contributed by atoms with van der Waals surface area (Å²) < 4.78 is 5.15. The number of carbonyl (C=O) groups is 1. The number of nitrogens with zero attached hydrogens (tertiary/aromatic N) is 3. The average Bonchev–Trinajstić information content (AvgIpc) is 3.38. The van der Waals surface area contributed by atoms with Gasteiger partial charge in [-0.05, 0) is 37.1 Å². The van der Waals surface area contributed by atoms with Gasteiger partial charge in [0.2, 0.25) is 0 Å². The number of aromatic nitrogens is 3. The van der Waals surface area contributed by atoms with Crippen LogP contribution in [-0.4, -0.2) is 39.8 Å². The second-order valence-electron chi connectivity index (χ2n) is 6.42. The molecular formula is C20H21N5O2. The van der Waals surface area contributed by atoms with Gasteiger partial charge < -0.3 is 15.0 Å². The predicted octanol–water partition coefficient (Wildman–Crippen LogP) is 3.85. The van der Waals surface area contributed by atoms with Crippen LogP contribution in [0.3, 0.4) is 0 Å². The first-order valence-corrected chi connectivity index (χ1v) is 8.94. The van der Waals surface area contributed by atoms with E-state index in [-0.39, 0.29) is 12.1 Å². The van der Waals surface area contributed by atoms with Gasteiger partial charge in [-0.1, -0.05) is 30.3 Å². The molecular weight excluding hydrogens is 342 g/mol. The molecule has 1 aliphatic heterocycles. The fourth-order valence-electron chi connectivity index (χ4n) is 3.30. The number of ether oxygens (including phenoxy) is 1. The molecule has 2 amide bonds. The van der Waals surface area contributed by atoms with Crippen LogP contribution < -0.4 is 10.1 Å². The predicted molar refractivity (Wildman–Crippen MR) is 103 cm³/mol. The Morgan fingerprint density at radius 2 is 1.96 bits per heavy atom. The van der Waals surface area contributed by atoms with Crippen molar-refractivity contribution in [1.29, 1.82) is 0 Å². The molecule has 3 aromatic rings. The Labute approximate surface area is 157 Å². The number of methoxy groups -OCH3 is 1. The summed E-state index contributed by atoms with van der Waals surface area (Å²) in [6.45, 7) is 0.689. The van der Waals surface area contributed by atoms with Gasteiger partial charge in [0.05, 0.1) is 13.2 Å². The molecule has 7 heteroatoms. The van der Waals surface area contributed by atoms with Gasteiger partial charge in [0, 0.05) is 17.8 Å². The van der Waals surface area contributed by atoms with Crippen LogP contribution in [0.2, 0.25) is 0 Å². The maximum atomic E-state index is 12.8. The molecule has 4 rings (SSSR count). The number of likely N-dealkylation sites (tertiary alicyclic amines) is 1. The number of rotatable bonds is 4. The zero-order chi connectivity index (χ0) is 18.6. The molecule has 2 heterocycles. The van der Waals surface area contributed by atoms with E-state index in [1.54, 1.807) is 12.0 Å². The van der Waals surface area contributed by atoms with Gasteiger partial charge in [-0.3, -0.25) is 5.10 Å². The van der Waals surface area contributed by atoms with Crippen LogP contribution in [0.5, 0.6) is 5.75 Å². The Morgan fingerprint density at radius 1 is 1.19 bits per heavy atom. The molecule has 0 aliphatic carbocycles. The number of benzene rings is 2. The van der Waals surface area contributed by atoms with Gasteiger partial charge in [-0.15, -0.1) is 0 Å². The van der Waals surface area contributed by atoms with E-state index in [0.29, 0.717) is 12.4 Å². The van der Waals surface area contributed by atoms with Crippen LogP contribution in [0.15, 0.2) is 54.6 Å². The van der Waals surface area contributed by atoms with E-state index in [2.05, 4.69) is 20.5 Å². The SMILES string of the molecule is COc1ccc(NC(=O)N2CCC[C@@H]2c2nc(-c3ccccc3)n[nH]2)cc1. The molecule has 1 fully saturated rings. The van der Waals surface area contributed by atoms with E-state index in [0.717, 1.165) is 35.7 Å². The zero-order valence-electron chi connectivity index (χ0n) is 15.1. The largest absolute Gasteiger partial charge is 0.497 e. The number of carbonyl (C=O) groups excluding carboxylic acids is 1. The molecule has 1 saturated heterocycles. The van der Waals surface area contributed by atoms with Crippen LogP contribution in [0.25, 0.3) is 11.4 Å². The average molecular weight is 363 g/mol. The quantitative estimate of drug-likeness (QED) is 0.737. The van der Waals surface area contributed by atoms with Gasteiger partial charge in [0.25, 0.3) is 0 Å². The molecule has 27 heavy (non-hydrogen) atoms. The standard InChI is InChI=1S/C20H21N5O2/c1-27-16-11-9-15(10-12-16)21-20(26)25-13-5-8-17(25)19-22-18(23-24-19)14-6-3-2-4-7-14/h2-4,6-7,9-12,17H,5,8,13H2,1H3,(H,21,26)(H,22,23,24)/t17-/m1/s1. The van der Waals surface area contributed by atoms with E-state index in [4.69, 9.17) is 4.74 Å². The number of anilines is 1. The molecule has 0 unspecified atom stereocenters. The third-order valence-corrected chi connectivity index (χ3v) is 4.71. The first-order valence-electron chi connectivity index (χ1n) is 8.94. The molecule has 0 spiro atoms. The van der Waals surface area contributed by atoms with Crippen molar-refractivity contribution >= 4 is 11.7 Å². The number of amides is 2. The Hall–Kier alpha value is -3.35. The van der Waals surface area contributed by atoms with Crippen LogP contribution >= 0.6 is 0 Å². The fourth-order valence-corrected chi connectivity index (χ4v) is 3.30. The van der Waals surface area contributed by atoms with Crippen molar-refractivity contribution in [2.75, 3.05) is 19.0 Å². The molecule has 1 aliphatic rings. The second-order valence-corrected chi connectivity index (χ2v) is 6.42. The number of hydrogen-bond donors (Lipinski definition) is 2. The highest BCUT2D eigenvalue weighted by Crippen LogP contribution is 2.31.